The largest absolute Gasteiger partial charge is 0.394 e. The van der Waals surface area contributed by atoms with Crippen LogP contribution in [-0.4, -0.2) is 41.8 Å². The van der Waals surface area contributed by atoms with Crippen LogP contribution in [0.2, 0.25) is 0 Å². The van der Waals surface area contributed by atoms with Gasteiger partial charge in [0.2, 0.25) is 0 Å². The summed E-state index contributed by atoms with van der Waals surface area (Å²) in [5.41, 5.74) is 4.79. The number of ether oxygens (including phenoxy) is 1. The lowest BCUT2D eigenvalue weighted by Gasteiger charge is -2.24. The van der Waals surface area contributed by atoms with Crippen molar-refractivity contribution in [1.29, 1.82) is 0 Å². The van der Waals surface area contributed by atoms with E-state index in [0.29, 0.717) is 0 Å². The number of nitrogens with two attached hydrogens (primary N) is 1. The minimum atomic E-state index is -1.09. The lowest BCUT2D eigenvalue weighted by molar-refractivity contribution is -0.0458. The Kier molecular flexibility index (Phi) is 3.79. The second-order valence-electron chi connectivity index (χ2n) is 3.87. The van der Waals surface area contributed by atoms with Crippen LogP contribution in [0.4, 0.5) is 5.82 Å². The predicted octanol–water partition coefficient (Wildman–Crippen LogP) is -0.438. The predicted molar refractivity (Wildman–Crippen MR) is 70.5 cm³/mol. The van der Waals surface area contributed by atoms with Gasteiger partial charge in [-0.1, -0.05) is 31.9 Å². The van der Waals surface area contributed by atoms with Crippen molar-refractivity contribution in [3.05, 3.63) is 22.7 Å². The first-order valence-corrected chi connectivity index (χ1v) is 6.63. The van der Waals surface area contributed by atoms with Gasteiger partial charge in [-0.25, -0.2) is 4.79 Å². The lowest BCUT2D eigenvalue weighted by Crippen LogP contribution is -2.39. The lowest BCUT2D eigenvalue weighted by atomic mass is 10.2. The number of hydrogen-bond acceptors (Lipinski definition) is 6. The summed E-state index contributed by atoms with van der Waals surface area (Å²) in [6.45, 7) is -0.367. The molecule has 2 heterocycles. The molecule has 0 spiro atoms. The second kappa shape index (κ2) is 4.89. The Balaban J connectivity index is 2.42. The minimum Gasteiger partial charge on any atom is -0.394 e. The number of nitrogen functional groups attached to an aromatic ring is 1. The molecule has 18 heavy (non-hydrogen) atoms. The zero-order valence-electron chi connectivity index (χ0n) is 9.03. The molecule has 0 bridgehead atoms. The van der Waals surface area contributed by atoms with Crippen LogP contribution in [0, 0.1) is 0 Å². The monoisotopic (exact) mass is 383 g/mol. The molecule has 1 saturated heterocycles. The summed E-state index contributed by atoms with van der Waals surface area (Å²) >= 11 is 6.51. The van der Waals surface area contributed by atoms with Gasteiger partial charge in [0.25, 0.3) is 0 Å². The van der Waals surface area contributed by atoms with Crippen LogP contribution < -0.4 is 11.4 Å². The number of hydrogen-bond donors (Lipinski definition) is 3. The van der Waals surface area contributed by atoms with Crippen LogP contribution in [0.25, 0.3) is 0 Å². The van der Waals surface area contributed by atoms with Crippen molar-refractivity contribution < 1.29 is 14.9 Å². The maximum atomic E-state index is 11.7. The van der Waals surface area contributed by atoms with Crippen LogP contribution in [0.3, 0.4) is 0 Å². The van der Waals surface area contributed by atoms with Crippen molar-refractivity contribution in [2.45, 2.75) is 21.7 Å². The first-order chi connectivity index (χ1) is 8.37. The number of nitrogens with zero attached hydrogens (tertiary/aromatic N) is 2. The molecule has 1 aliphatic heterocycles. The number of rotatable bonds is 2. The van der Waals surface area contributed by atoms with E-state index in [1.165, 1.54) is 16.8 Å². The molecule has 0 radical (unpaired) electrons. The Hall–Kier alpha value is -0.480. The Morgan fingerprint density at radius 1 is 1.61 bits per heavy atom. The van der Waals surface area contributed by atoms with E-state index in [4.69, 9.17) is 15.6 Å². The van der Waals surface area contributed by atoms with Gasteiger partial charge in [0.05, 0.1) is 6.61 Å². The summed E-state index contributed by atoms with van der Waals surface area (Å²) < 4.78 is 5.52. The highest BCUT2D eigenvalue weighted by Crippen LogP contribution is 2.48. The summed E-state index contributed by atoms with van der Waals surface area (Å²) in [4.78, 5) is 15.3. The fourth-order valence-electron chi connectivity index (χ4n) is 1.72. The summed E-state index contributed by atoms with van der Waals surface area (Å²) in [6.07, 6.45) is -1.28. The standard InChI is InChI=1S/C9H11Br2N3O4/c10-9(11)6(16)4(3-15)18-7(9)14-2-1-5(12)13-8(14)17/h1-2,4,6-7,15-16H,3H2,(H2,12,13,17)/t4-,6-,7-/m1/s1. The third kappa shape index (κ3) is 2.21. The molecule has 0 aromatic carbocycles. The maximum absolute atomic E-state index is 11.7. The molecule has 0 saturated carbocycles. The van der Waals surface area contributed by atoms with E-state index in [2.05, 4.69) is 36.8 Å². The number of aliphatic hydroxyl groups excluding tert-OH is 2. The highest BCUT2D eigenvalue weighted by molar-refractivity contribution is 9.25. The molecule has 7 nitrogen and oxygen atoms in total. The molecule has 100 valence electrons. The maximum Gasteiger partial charge on any atom is 0.351 e. The van der Waals surface area contributed by atoms with Gasteiger partial charge in [-0.05, 0) is 6.07 Å². The van der Waals surface area contributed by atoms with Crippen molar-refractivity contribution in [1.82, 2.24) is 9.55 Å². The van der Waals surface area contributed by atoms with Crippen LogP contribution in [-0.2, 0) is 4.74 Å². The Bertz CT molecular complexity index is 507. The molecule has 2 rings (SSSR count). The van der Waals surface area contributed by atoms with Gasteiger partial charge in [0, 0.05) is 6.20 Å². The fraction of sp³-hybridized carbons (Fsp3) is 0.556. The van der Waals surface area contributed by atoms with Gasteiger partial charge < -0.3 is 20.7 Å². The average Bonchev–Trinajstić information content (AvgIpc) is 2.52. The molecule has 4 N–H and O–H groups in total. The smallest absolute Gasteiger partial charge is 0.351 e. The third-order valence-corrected chi connectivity index (χ3v) is 4.39. The fourth-order valence-corrected chi connectivity index (χ4v) is 2.97. The number of aliphatic hydroxyl groups is 2. The van der Waals surface area contributed by atoms with Gasteiger partial charge in [-0.15, -0.1) is 0 Å². The molecule has 9 heteroatoms. The Labute approximate surface area is 119 Å². The van der Waals surface area contributed by atoms with E-state index < -0.39 is 27.4 Å². The third-order valence-electron chi connectivity index (χ3n) is 2.66. The first-order valence-electron chi connectivity index (χ1n) is 5.04. The molecule has 1 fully saturated rings. The Morgan fingerprint density at radius 2 is 2.28 bits per heavy atom. The van der Waals surface area contributed by atoms with E-state index in [0.717, 1.165) is 0 Å². The number of alkyl halides is 2. The van der Waals surface area contributed by atoms with Crippen molar-refractivity contribution in [2.24, 2.45) is 0 Å². The highest BCUT2D eigenvalue weighted by atomic mass is 79.9. The zero-order valence-corrected chi connectivity index (χ0v) is 12.2. The molecule has 1 aromatic heterocycles. The van der Waals surface area contributed by atoms with Gasteiger partial charge >= 0.3 is 5.69 Å². The summed E-state index contributed by atoms with van der Waals surface area (Å²) in [7, 11) is 0. The van der Waals surface area contributed by atoms with E-state index >= 15 is 0 Å². The number of halogens is 2. The molecular weight excluding hydrogens is 374 g/mol. The first kappa shape index (κ1) is 13.9. The van der Waals surface area contributed by atoms with Gasteiger partial charge in [-0.3, -0.25) is 4.57 Å². The molecule has 1 aliphatic rings. The summed E-state index contributed by atoms with van der Waals surface area (Å²) in [6, 6.07) is 1.44. The molecule has 0 amide bonds. The molecular formula is C9H11Br2N3O4. The molecule has 3 atom stereocenters. The van der Waals surface area contributed by atoms with Gasteiger partial charge in [0.15, 0.2) is 9.46 Å². The van der Waals surface area contributed by atoms with Crippen molar-refractivity contribution in [3.8, 4) is 0 Å². The van der Waals surface area contributed by atoms with Gasteiger partial charge in [0.1, 0.15) is 18.0 Å². The van der Waals surface area contributed by atoms with E-state index in [1.807, 2.05) is 0 Å². The number of anilines is 1. The minimum absolute atomic E-state index is 0.100. The topological polar surface area (TPSA) is 111 Å². The van der Waals surface area contributed by atoms with Gasteiger partial charge in [-0.2, -0.15) is 4.98 Å². The van der Waals surface area contributed by atoms with E-state index in [9.17, 15) is 9.90 Å². The second-order valence-corrected chi connectivity index (χ2v) is 7.56. The van der Waals surface area contributed by atoms with E-state index in [-0.39, 0.29) is 12.4 Å². The normalized spacial score (nSPS) is 30.6. The Morgan fingerprint density at radius 3 is 2.78 bits per heavy atom. The van der Waals surface area contributed by atoms with Crippen LogP contribution in [0.15, 0.2) is 17.1 Å². The quantitative estimate of drug-likeness (QED) is 0.596. The molecule has 0 aliphatic carbocycles. The average molecular weight is 385 g/mol. The van der Waals surface area contributed by atoms with Crippen LogP contribution >= 0.6 is 31.9 Å². The SMILES string of the molecule is Nc1ccn([C@@H]2O[C@H](CO)[C@@H](O)C2(Br)Br)c(=O)n1. The van der Waals surface area contributed by atoms with E-state index in [1.54, 1.807) is 0 Å². The zero-order chi connectivity index (χ0) is 13.5. The van der Waals surface area contributed by atoms with Crippen molar-refractivity contribution in [2.75, 3.05) is 12.3 Å². The van der Waals surface area contributed by atoms with Crippen molar-refractivity contribution >= 4 is 37.7 Å². The highest BCUT2D eigenvalue weighted by Gasteiger charge is 2.54. The van der Waals surface area contributed by atoms with Crippen LogP contribution in [0.5, 0.6) is 0 Å². The summed E-state index contributed by atoms with van der Waals surface area (Å²) in [5, 5.41) is 19.1. The molecule has 1 aromatic rings. The van der Waals surface area contributed by atoms with Crippen LogP contribution in [0.1, 0.15) is 6.23 Å². The molecule has 0 unspecified atom stereocenters. The summed E-state index contributed by atoms with van der Waals surface area (Å²) in [5.74, 6) is 0.100. The number of aromatic nitrogens is 2. The van der Waals surface area contributed by atoms with Crippen molar-refractivity contribution in [3.63, 3.8) is 0 Å².